The first-order valence-corrected chi connectivity index (χ1v) is 10.3. The number of nitrogens with one attached hydrogen (secondary N) is 2. The van der Waals surface area contributed by atoms with E-state index in [1.54, 1.807) is 0 Å². The van der Waals surface area contributed by atoms with E-state index in [2.05, 4.69) is 44.5 Å². The molecule has 3 aromatic rings. The van der Waals surface area contributed by atoms with Crippen LogP contribution in [0.4, 0.5) is 4.39 Å². The Kier molecular flexibility index (Phi) is 6.18. The lowest BCUT2D eigenvalue weighted by Gasteiger charge is -2.15. The van der Waals surface area contributed by atoms with Crippen LogP contribution in [0.2, 0.25) is 0 Å². The van der Waals surface area contributed by atoms with Crippen LogP contribution in [0, 0.1) is 11.7 Å². The standard InChI is InChI=1S/C23H24FN5O2/c1-15-12-29(13-16-5-3-2-4-6-16)14-19(15)21-26-23(31)20(27-28-21)11-25-22(30)17-7-9-18(24)10-8-17/h2-10,15,19H,11-14H2,1H3,(H,25,30)(H,26,28,31). The van der Waals surface area contributed by atoms with E-state index in [1.807, 2.05) is 18.2 Å². The molecule has 2 atom stereocenters. The Morgan fingerprint density at radius 2 is 1.87 bits per heavy atom. The smallest absolute Gasteiger partial charge is 0.274 e. The third-order valence-electron chi connectivity index (χ3n) is 5.59. The number of carbonyl (C=O) groups excluding carboxylic acids is 1. The fraction of sp³-hybridized carbons (Fsp3) is 0.304. The van der Waals surface area contributed by atoms with Crippen molar-refractivity contribution in [2.24, 2.45) is 5.92 Å². The third kappa shape index (κ3) is 5.03. The Hall–Kier alpha value is -3.39. The van der Waals surface area contributed by atoms with Gasteiger partial charge in [-0.1, -0.05) is 37.3 Å². The van der Waals surface area contributed by atoms with Crippen molar-refractivity contribution in [2.45, 2.75) is 25.9 Å². The van der Waals surface area contributed by atoms with Gasteiger partial charge < -0.3 is 10.3 Å². The number of nitrogens with zero attached hydrogens (tertiary/aromatic N) is 3. The molecule has 1 fully saturated rings. The second kappa shape index (κ2) is 9.18. The molecule has 2 unspecified atom stereocenters. The molecule has 1 amide bonds. The highest BCUT2D eigenvalue weighted by Crippen LogP contribution is 2.30. The summed E-state index contributed by atoms with van der Waals surface area (Å²) < 4.78 is 13.0. The van der Waals surface area contributed by atoms with Crippen molar-refractivity contribution < 1.29 is 9.18 Å². The maximum absolute atomic E-state index is 13.0. The monoisotopic (exact) mass is 421 g/mol. The molecule has 1 saturated heterocycles. The van der Waals surface area contributed by atoms with Crippen LogP contribution in [0.25, 0.3) is 0 Å². The minimum absolute atomic E-state index is 0.0564. The number of halogens is 1. The van der Waals surface area contributed by atoms with Gasteiger partial charge in [-0.25, -0.2) is 4.39 Å². The number of benzene rings is 2. The van der Waals surface area contributed by atoms with Gasteiger partial charge in [0.2, 0.25) is 0 Å². The highest BCUT2D eigenvalue weighted by molar-refractivity contribution is 5.94. The first kappa shape index (κ1) is 20.9. The van der Waals surface area contributed by atoms with Crippen LogP contribution in [-0.2, 0) is 13.1 Å². The first-order chi connectivity index (χ1) is 15.0. The molecule has 160 valence electrons. The summed E-state index contributed by atoms with van der Waals surface area (Å²) in [6, 6.07) is 15.5. The van der Waals surface area contributed by atoms with Crippen LogP contribution in [0.5, 0.6) is 0 Å². The minimum atomic E-state index is -0.419. The molecule has 2 heterocycles. The highest BCUT2D eigenvalue weighted by atomic mass is 19.1. The summed E-state index contributed by atoms with van der Waals surface area (Å²) in [5.41, 5.74) is 1.33. The van der Waals surface area contributed by atoms with Gasteiger partial charge in [0.25, 0.3) is 11.5 Å². The van der Waals surface area contributed by atoms with Crippen molar-refractivity contribution in [2.75, 3.05) is 13.1 Å². The second-order valence-corrected chi connectivity index (χ2v) is 7.94. The normalized spacial score (nSPS) is 18.8. The van der Waals surface area contributed by atoms with E-state index in [9.17, 15) is 14.0 Å². The van der Waals surface area contributed by atoms with Gasteiger partial charge in [-0.15, -0.1) is 10.2 Å². The zero-order chi connectivity index (χ0) is 21.8. The number of aromatic amines is 1. The topological polar surface area (TPSA) is 91.0 Å². The Morgan fingerprint density at radius 3 is 2.58 bits per heavy atom. The Balaban J connectivity index is 1.38. The number of rotatable bonds is 6. The van der Waals surface area contributed by atoms with Crippen molar-refractivity contribution in [3.8, 4) is 0 Å². The van der Waals surface area contributed by atoms with E-state index in [0.29, 0.717) is 17.3 Å². The van der Waals surface area contributed by atoms with Gasteiger partial charge in [-0.3, -0.25) is 14.5 Å². The largest absolute Gasteiger partial charge is 0.346 e. The van der Waals surface area contributed by atoms with Crippen LogP contribution < -0.4 is 10.9 Å². The first-order valence-electron chi connectivity index (χ1n) is 10.3. The molecule has 0 saturated carbocycles. The molecule has 31 heavy (non-hydrogen) atoms. The number of hydrogen-bond acceptors (Lipinski definition) is 5. The summed E-state index contributed by atoms with van der Waals surface area (Å²) in [6.45, 7) is 4.65. The SMILES string of the molecule is CC1CN(Cc2ccccc2)CC1c1nnc(CNC(=O)c2ccc(F)cc2)c(=O)[nH]1. The summed E-state index contributed by atoms with van der Waals surface area (Å²) in [7, 11) is 0. The fourth-order valence-corrected chi connectivity index (χ4v) is 3.92. The van der Waals surface area contributed by atoms with Gasteiger partial charge in [-0.05, 0) is 35.7 Å². The molecule has 2 N–H and O–H groups in total. The van der Waals surface area contributed by atoms with Gasteiger partial charge in [0, 0.05) is 31.1 Å². The van der Waals surface area contributed by atoms with Crippen molar-refractivity contribution in [3.05, 3.63) is 93.4 Å². The van der Waals surface area contributed by atoms with E-state index >= 15 is 0 Å². The summed E-state index contributed by atoms with van der Waals surface area (Å²) in [5, 5.41) is 10.9. The molecular weight excluding hydrogens is 397 g/mol. The predicted molar refractivity (Wildman–Crippen MR) is 114 cm³/mol. The number of carbonyl (C=O) groups is 1. The molecule has 0 aliphatic carbocycles. The van der Waals surface area contributed by atoms with Crippen LogP contribution >= 0.6 is 0 Å². The van der Waals surface area contributed by atoms with Crippen LogP contribution in [-0.4, -0.2) is 39.1 Å². The van der Waals surface area contributed by atoms with Gasteiger partial charge in [0.1, 0.15) is 17.3 Å². The molecule has 0 radical (unpaired) electrons. The molecule has 7 nitrogen and oxygen atoms in total. The number of aromatic nitrogens is 3. The third-order valence-corrected chi connectivity index (χ3v) is 5.59. The quantitative estimate of drug-likeness (QED) is 0.638. The molecule has 1 aliphatic rings. The lowest BCUT2D eigenvalue weighted by molar-refractivity contribution is 0.0950. The summed E-state index contributed by atoms with van der Waals surface area (Å²) in [6.07, 6.45) is 0. The number of likely N-dealkylation sites (tertiary alicyclic amines) is 1. The van der Waals surface area contributed by atoms with E-state index in [-0.39, 0.29) is 23.7 Å². The van der Waals surface area contributed by atoms with Crippen molar-refractivity contribution in [1.82, 2.24) is 25.4 Å². The molecule has 1 aromatic heterocycles. The lowest BCUT2D eigenvalue weighted by Crippen LogP contribution is -2.30. The van der Waals surface area contributed by atoms with Crippen LogP contribution in [0.3, 0.4) is 0 Å². The Bertz CT molecular complexity index is 1100. The molecule has 8 heteroatoms. The van der Waals surface area contributed by atoms with Gasteiger partial charge in [-0.2, -0.15) is 0 Å². The average molecular weight is 421 g/mol. The average Bonchev–Trinajstić information content (AvgIpc) is 3.13. The zero-order valence-corrected chi connectivity index (χ0v) is 17.2. The molecular formula is C23H24FN5O2. The Morgan fingerprint density at radius 1 is 1.13 bits per heavy atom. The number of hydrogen-bond donors (Lipinski definition) is 2. The van der Waals surface area contributed by atoms with Crippen molar-refractivity contribution >= 4 is 5.91 Å². The molecule has 0 spiro atoms. The van der Waals surface area contributed by atoms with Crippen LogP contribution in [0.1, 0.15) is 40.3 Å². The Labute approximate surface area is 179 Å². The van der Waals surface area contributed by atoms with E-state index in [4.69, 9.17) is 0 Å². The highest BCUT2D eigenvalue weighted by Gasteiger charge is 2.32. The van der Waals surface area contributed by atoms with Gasteiger partial charge in [0.15, 0.2) is 0 Å². The lowest BCUT2D eigenvalue weighted by atomic mass is 9.97. The maximum Gasteiger partial charge on any atom is 0.274 e. The minimum Gasteiger partial charge on any atom is -0.346 e. The van der Waals surface area contributed by atoms with Crippen LogP contribution in [0.15, 0.2) is 59.4 Å². The van der Waals surface area contributed by atoms with Gasteiger partial charge >= 0.3 is 0 Å². The maximum atomic E-state index is 13.0. The fourth-order valence-electron chi connectivity index (χ4n) is 3.92. The molecule has 4 rings (SSSR count). The van der Waals surface area contributed by atoms with Crippen molar-refractivity contribution in [3.63, 3.8) is 0 Å². The van der Waals surface area contributed by atoms with Gasteiger partial charge in [0.05, 0.1) is 6.54 Å². The zero-order valence-electron chi connectivity index (χ0n) is 17.2. The number of H-pyrrole nitrogens is 1. The van der Waals surface area contributed by atoms with E-state index < -0.39 is 11.7 Å². The predicted octanol–water partition coefficient (Wildman–Crippen LogP) is 2.47. The van der Waals surface area contributed by atoms with Crippen molar-refractivity contribution in [1.29, 1.82) is 0 Å². The molecule has 2 aromatic carbocycles. The molecule has 1 aliphatic heterocycles. The number of amides is 1. The molecule has 0 bridgehead atoms. The van der Waals surface area contributed by atoms with E-state index in [0.717, 1.165) is 19.6 Å². The summed E-state index contributed by atoms with van der Waals surface area (Å²) >= 11 is 0. The second-order valence-electron chi connectivity index (χ2n) is 7.94. The summed E-state index contributed by atoms with van der Waals surface area (Å²) in [5.74, 6) is 0.162. The summed E-state index contributed by atoms with van der Waals surface area (Å²) in [4.78, 5) is 29.8. The van der Waals surface area contributed by atoms with E-state index in [1.165, 1.54) is 29.8 Å².